The second-order valence-electron chi connectivity index (χ2n) is 7.68. The number of anilines is 3. The van der Waals surface area contributed by atoms with Crippen molar-refractivity contribution in [3.63, 3.8) is 0 Å². The second kappa shape index (κ2) is 11.6. The van der Waals surface area contributed by atoms with Crippen LogP contribution in [0.2, 0.25) is 0 Å². The van der Waals surface area contributed by atoms with Gasteiger partial charge in [-0.3, -0.25) is 15.0 Å². The zero-order valence-electron chi connectivity index (χ0n) is 18.9. The maximum atomic E-state index is 5.89. The number of aromatic nitrogens is 3. The van der Waals surface area contributed by atoms with Crippen molar-refractivity contribution >= 4 is 97.2 Å². The number of halogens is 3. The average molecular weight is 669 g/mol. The summed E-state index contributed by atoms with van der Waals surface area (Å²) in [5.74, 6) is 0. The van der Waals surface area contributed by atoms with Gasteiger partial charge in [0, 0.05) is 94.3 Å². The Bertz CT molecular complexity index is 1630. The third-order valence-corrected chi connectivity index (χ3v) is 7.40. The molecule has 6 aromatic rings. The molecule has 0 aliphatic carbocycles. The summed E-state index contributed by atoms with van der Waals surface area (Å²) in [4.78, 5) is 12.1. The van der Waals surface area contributed by atoms with Gasteiger partial charge >= 0.3 is 0 Å². The van der Waals surface area contributed by atoms with E-state index in [4.69, 9.17) is 17.2 Å². The number of hydrogen-bond acceptors (Lipinski definition) is 6. The van der Waals surface area contributed by atoms with E-state index in [2.05, 4.69) is 62.7 Å². The number of nitrogens with zero attached hydrogens (tertiary/aromatic N) is 3. The van der Waals surface area contributed by atoms with Crippen LogP contribution in [0.4, 0.5) is 17.1 Å². The first-order chi connectivity index (χ1) is 17.4. The molecule has 0 amide bonds. The van der Waals surface area contributed by atoms with Crippen LogP contribution in [0, 0.1) is 0 Å². The standard InChI is InChI=1S/C9H6Br2N2.C9H7BrN2.C9H8N2/c10-7-3-8(11)9(12)5-1-2-13-4-6(5)7;10-8-1-2-9(11)6-3-4-12-5-7(6)8;10-9-3-1-2-7-6-11-5-4-8(7)9/h1-4H,12H2;1-5H,11H2;1-6H,10H2. The summed E-state index contributed by atoms with van der Waals surface area (Å²) in [6.45, 7) is 0. The molecule has 0 saturated carbocycles. The maximum Gasteiger partial charge on any atom is 0.0540 e. The number of pyridine rings is 3. The smallest absolute Gasteiger partial charge is 0.0540 e. The highest BCUT2D eigenvalue weighted by Crippen LogP contribution is 2.34. The number of rotatable bonds is 0. The second-order valence-corrected chi connectivity index (χ2v) is 10.2. The van der Waals surface area contributed by atoms with Gasteiger partial charge in [-0.1, -0.05) is 44.0 Å². The molecular weight excluding hydrogens is 648 g/mol. The summed E-state index contributed by atoms with van der Waals surface area (Å²) in [6.07, 6.45) is 10.6. The summed E-state index contributed by atoms with van der Waals surface area (Å²) < 4.78 is 2.93. The minimum absolute atomic E-state index is 0.751. The molecule has 6 nitrogen and oxygen atoms in total. The van der Waals surface area contributed by atoms with E-state index in [1.54, 1.807) is 31.0 Å². The van der Waals surface area contributed by atoms with E-state index < -0.39 is 0 Å². The fourth-order valence-corrected chi connectivity index (χ4v) is 5.28. The Morgan fingerprint density at radius 3 is 1.75 bits per heavy atom. The van der Waals surface area contributed by atoms with Crippen LogP contribution < -0.4 is 17.2 Å². The Balaban J connectivity index is 0.000000127. The fourth-order valence-electron chi connectivity index (χ4n) is 3.54. The Morgan fingerprint density at radius 1 is 0.500 bits per heavy atom. The number of hydrogen-bond donors (Lipinski definition) is 3. The van der Waals surface area contributed by atoms with Crippen molar-refractivity contribution in [3.8, 4) is 0 Å². The van der Waals surface area contributed by atoms with Gasteiger partial charge in [-0.15, -0.1) is 0 Å². The van der Waals surface area contributed by atoms with Gasteiger partial charge in [0.2, 0.25) is 0 Å². The zero-order chi connectivity index (χ0) is 25.7. The summed E-state index contributed by atoms with van der Waals surface area (Å²) in [7, 11) is 0. The lowest BCUT2D eigenvalue weighted by molar-refractivity contribution is 1.36. The van der Waals surface area contributed by atoms with Gasteiger partial charge in [-0.25, -0.2) is 0 Å². The van der Waals surface area contributed by atoms with Crippen molar-refractivity contribution in [2.45, 2.75) is 0 Å². The molecule has 3 aromatic heterocycles. The lowest BCUT2D eigenvalue weighted by Gasteiger charge is -2.05. The number of nitrogen functional groups attached to an aromatic ring is 3. The third-order valence-electron chi connectivity index (χ3n) is 5.39. The zero-order valence-corrected chi connectivity index (χ0v) is 23.6. The largest absolute Gasteiger partial charge is 0.398 e. The highest BCUT2D eigenvalue weighted by molar-refractivity contribution is 9.11. The first-order valence-electron chi connectivity index (χ1n) is 10.7. The van der Waals surface area contributed by atoms with Crippen LogP contribution in [0.5, 0.6) is 0 Å². The molecular formula is C27H21Br3N6. The molecule has 0 unspecified atom stereocenters. The summed E-state index contributed by atoms with van der Waals surface area (Å²) in [5.41, 5.74) is 19.7. The number of nitrogens with two attached hydrogens (primary N) is 3. The molecule has 0 bridgehead atoms. The average Bonchev–Trinajstić information content (AvgIpc) is 2.91. The molecule has 0 atom stereocenters. The minimum atomic E-state index is 0.751. The molecule has 6 N–H and O–H groups in total. The van der Waals surface area contributed by atoms with Crippen molar-refractivity contribution in [1.29, 1.82) is 0 Å². The van der Waals surface area contributed by atoms with E-state index in [9.17, 15) is 0 Å². The summed E-state index contributed by atoms with van der Waals surface area (Å²) in [6, 6.07) is 17.3. The summed E-state index contributed by atoms with van der Waals surface area (Å²) in [5, 5.41) is 6.30. The fraction of sp³-hybridized carbons (Fsp3) is 0. The van der Waals surface area contributed by atoms with Crippen molar-refractivity contribution in [2.75, 3.05) is 17.2 Å². The van der Waals surface area contributed by atoms with Gasteiger partial charge in [0.1, 0.15) is 0 Å². The van der Waals surface area contributed by atoms with E-state index in [1.807, 2.05) is 60.8 Å². The van der Waals surface area contributed by atoms with E-state index in [-0.39, 0.29) is 0 Å². The van der Waals surface area contributed by atoms with Crippen molar-refractivity contribution < 1.29 is 0 Å². The van der Waals surface area contributed by atoms with Crippen molar-refractivity contribution in [1.82, 2.24) is 15.0 Å². The van der Waals surface area contributed by atoms with E-state index in [0.717, 1.165) is 62.8 Å². The minimum Gasteiger partial charge on any atom is -0.398 e. The Morgan fingerprint density at radius 2 is 1.08 bits per heavy atom. The van der Waals surface area contributed by atoms with Gasteiger partial charge in [0.05, 0.1) is 5.69 Å². The molecule has 0 saturated heterocycles. The number of fused-ring (bicyclic) bond motifs is 3. The van der Waals surface area contributed by atoms with E-state index in [0.29, 0.717) is 0 Å². The monoisotopic (exact) mass is 666 g/mol. The lowest BCUT2D eigenvalue weighted by Crippen LogP contribution is -1.89. The molecule has 3 heterocycles. The first kappa shape index (κ1) is 25.8. The first-order valence-corrected chi connectivity index (χ1v) is 13.1. The molecule has 180 valence electrons. The highest BCUT2D eigenvalue weighted by Gasteiger charge is 2.05. The topological polar surface area (TPSA) is 117 Å². The van der Waals surface area contributed by atoms with Crippen LogP contribution in [0.1, 0.15) is 0 Å². The maximum absolute atomic E-state index is 5.89. The van der Waals surface area contributed by atoms with Gasteiger partial charge in [-0.05, 0) is 58.4 Å². The van der Waals surface area contributed by atoms with Crippen LogP contribution in [0.25, 0.3) is 32.3 Å². The van der Waals surface area contributed by atoms with E-state index >= 15 is 0 Å². The summed E-state index contributed by atoms with van der Waals surface area (Å²) >= 11 is 10.3. The third kappa shape index (κ3) is 5.75. The Labute approximate surface area is 233 Å². The van der Waals surface area contributed by atoms with Crippen LogP contribution in [-0.2, 0) is 0 Å². The Kier molecular flexibility index (Phi) is 8.35. The molecule has 0 fully saturated rings. The molecule has 3 aromatic carbocycles. The van der Waals surface area contributed by atoms with Gasteiger partial charge < -0.3 is 17.2 Å². The molecule has 9 heteroatoms. The van der Waals surface area contributed by atoms with E-state index in [1.165, 1.54) is 0 Å². The van der Waals surface area contributed by atoms with Gasteiger partial charge in [0.15, 0.2) is 0 Å². The highest BCUT2D eigenvalue weighted by atomic mass is 79.9. The van der Waals surface area contributed by atoms with Crippen LogP contribution in [0.3, 0.4) is 0 Å². The van der Waals surface area contributed by atoms with Crippen LogP contribution in [-0.4, -0.2) is 15.0 Å². The molecule has 0 radical (unpaired) electrons. The van der Waals surface area contributed by atoms with Crippen LogP contribution in [0.15, 0.2) is 105 Å². The molecule has 0 spiro atoms. The quantitative estimate of drug-likeness (QED) is 0.143. The Hall–Kier alpha value is -3.27. The van der Waals surface area contributed by atoms with Crippen molar-refractivity contribution in [2.24, 2.45) is 0 Å². The molecule has 6 rings (SSSR count). The SMILES string of the molecule is Nc1c(Br)cc(Br)c2cnccc12.Nc1ccc(Br)c2cnccc12.Nc1cccc2cnccc12. The lowest BCUT2D eigenvalue weighted by atomic mass is 10.1. The molecule has 36 heavy (non-hydrogen) atoms. The molecule has 0 aliphatic rings. The normalized spacial score (nSPS) is 10.4. The number of benzene rings is 3. The van der Waals surface area contributed by atoms with Gasteiger partial charge in [-0.2, -0.15) is 0 Å². The predicted molar refractivity (Wildman–Crippen MR) is 162 cm³/mol. The molecule has 0 aliphatic heterocycles. The van der Waals surface area contributed by atoms with Crippen LogP contribution >= 0.6 is 47.8 Å². The van der Waals surface area contributed by atoms with Gasteiger partial charge in [0.25, 0.3) is 0 Å². The predicted octanol–water partition coefficient (Wildman–Crippen LogP) is 7.74. The van der Waals surface area contributed by atoms with Crippen molar-refractivity contribution in [3.05, 3.63) is 105 Å².